The van der Waals surface area contributed by atoms with Crippen molar-refractivity contribution in [3.8, 4) is 0 Å². The third-order valence-corrected chi connectivity index (χ3v) is 5.63. The summed E-state index contributed by atoms with van der Waals surface area (Å²) in [4.78, 5) is 27.8. The quantitative estimate of drug-likeness (QED) is 0.746. The number of carbonyl (C=O) groups is 2. The van der Waals surface area contributed by atoms with Gasteiger partial charge in [-0.1, -0.05) is 49.4 Å². The highest BCUT2D eigenvalue weighted by Gasteiger charge is 2.26. The lowest BCUT2D eigenvalue weighted by atomic mass is 9.95. The molecule has 154 valence electrons. The first-order valence-corrected chi connectivity index (χ1v) is 10.5. The molecule has 1 fully saturated rings. The average molecular weight is 394 g/mol. The number of amides is 2. The van der Waals surface area contributed by atoms with Crippen LogP contribution in [0.5, 0.6) is 0 Å². The molecule has 0 aromatic heterocycles. The lowest BCUT2D eigenvalue weighted by Crippen LogP contribution is -2.38. The first kappa shape index (κ1) is 21.1. The first-order valence-electron chi connectivity index (χ1n) is 10.5. The molecule has 0 unspecified atom stereocenters. The highest BCUT2D eigenvalue weighted by Crippen LogP contribution is 2.22. The van der Waals surface area contributed by atoms with E-state index in [4.69, 9.17) is 0 Å². The number of nitrogens with zero attached hydrogens (tertiary/aromatic N) is 1. The van der Waals surface area contributed by atoms with E-state index in [9.17, 15) is 9.59 Å². The second-order valence-corrected chi connectivity index (χ2v) is 7.85. The van der Waals surface area contributed by atoms with Crippen LogP contribution in [0.1, 0.15) is 49.0 Å². The van der Waals surface area contributed by atoms with Crippen molar-refractivity contribution >= 4 is 17.5 Å². The summed E-state index contributed by atoms with van der Waals surface area (Å²) in [7, 11) is 0. The van der Waals surface area contributed by atoms with Gasteiger partial charge in [0.2, 0.25) is 5.91 Å². The molecule has 1 aliphatic heterocycles. The van der Waals surface area contributed by atoms with E-state index >= 15 is 0 Å². The van der Waals surface area contributed by atoms with Gasteiger partial charge in [0.05, 0.1) is 11.3 Å². The maximum atomic E-state index is 12.8. The predicted octanol–water partition coefficient (Wildman–Crippen LogP) is 4.07. The van der Waals surface area contributed by atoms with Gasteiger partial charge < -0.3 is 10.6 Å². The number of nitrogens with one attached hydrogen (secondary N) is 2. The molecule has 29 heavy (non-hydrogen) atoms. The average Bonchev–Trinajstić information content (AvgIpc) is 2.75. The third kappa shape index (κ3) is 5.91. The van der Waals surface area contributed by atoms with E-state index in [-0.39, 0.29) is 23.8 Å². The fraction of sp³-hybridized carbons (Fsp3) is 0.417. The highest BCUT2D eigenvalue weighted by atomic mass is 16.2. The Morgan fingerprint density at radius 2 is 1.69 bits per heavy atom. The molecule has 1 aliphatic rings. The van der Waals surface area contributed by atoms with E-state index in [1.54, 1.807) is 12.1 Å². The molecule has 2 aromatic rings. The topological polar surface area (TPSA) is 61.4 Å². The summed E-state index contributed by atoms with van der Waals surface area (Å²) < 4.78 is 0. The van der Waals surface area contributed by atoms with E-state index < -0.39 is 0 Å². The van der Waals surface area contributed by atoms with Crippen molar-refractivity contribution in [1.82, 2.24) is 10.2 Å². The van der Waals surface area contributed by atoms with E-state index in [2.05, 4.69) is 39.8 Å². The van der Waals surface area contributed by atoms with E-state index in [0.29, 0.717) is 11.3 Å². The van der Waals surface area contributed by atoms with E-state index in [1.165, 1.54) is 5.56 Å². The Bertz CT molecular complexity index is 814. The van der Waals surface area contributed by atoms with Gasteiger partial charge in [0.15, 0.2) is 0 Å². The number of piperidine rings is 1. The van der Waals surface area contributed by atoms with Gasteiger partial charge in [-0.15, -0.1) is 0 Å². The standard InChI is InChI=1S/C24H31N3O2/c1-3-18(2)25-24(29)21-11-7-8-12-22(21)26-23(28)20-13-15-27(16-14-20)17-19-9-5-4-6-10-19/h4-12,18,20H,3,13-17H2,1-2H3,(H,25,29)(H,26,28)/t18-/m1/s1. The van der Waals surface area contributed by atoms with Gasteiger partial charge in [0.1, 0.15) is 0 Å². The zero-order chi connectivity index (χ0) is 20.6. The number of rotatable bonds is 7. The van der Waals surface area contributed by atoms with Crippen LogP contribution in [0.4, 0.5) is 5.69 Å². The normalized spacial score (nSPS) is 16.2. The van der Waals surface area contributed by atoms with Crippen LogP contribution in [-0.4, -0.2) is 35.8 Å². The Morgan fingerprint density at radius 3 is 2.38 bits per heavy atom. The van der Waals surface area contributed by atoms with Gasteiger partial charge >= 0.3 is 0 Å². The minimum absolute atomic E-state index is 0.00755. The Hall–Kier alpha value is -2.66. The second-order valence-electron chi connectivity index (χ2n) is 7.85. The highest BCUT2D eigenvalue weighted by molar-refractivity contribution is 6.04. The van der Waals surface area contributed by atoms with Crippen molar-refractivity contribution in [3.05, 3.63) is 65.7 Å². The smallest absolute Gasteiger partial charge is 0.253 e. The van der Waals surface area contributed by atoms with Gasteiger partial charge in [-0.05, 0) is 57.0 Å². The Balaban J connectivity index is 1.55. The van der Waals surface area contributed by atoms with Gasteiger partial charge in [-0.25, -0.2) is 0 Å². The minimum Gasteiger partial charge on any atom is -0.350 e. The molecule has 0 radical (unpaired) electrons. The molecule has 1 heterocycles. The lowest BCUT2D eigenvalue weighted by molar-refractivity contribution is -0.121. The van der Waals surface area contributed by atoms with Crippen LogP contribution in [0, 0.1) is 5.92 Å². The van der Waals surface area contributed by atoms with Crippen LogP contribution in [0.25, 0.3) is 0 Å². The summed E-state index contributed by atoms with van der Waals surface area (Å²) in [6.45, 7) is 6.74. The van der Waals surface area contributed by atoms with Crippen LogP contribution in [0.3, 0.4) is 0 Å². The predicted molar refractivity (Wildman–Crippen MR) is 117 cm³/mol. The molecule has 0 saturated carbocycles. The molecular weight excluding hydrogens is 362 g/mol. The number of para-hydroxylation sites is 1. The van der Waals surface area contributed by atoms with Crippen molar-refractivity contribution in [1.29, 1.82) is 0 Å². The van der Waals surface area contributed by atoms with Crippen molar-refractivity contribution in [2.75, 3.05) is 18.4 Å². The van der Waals surface area contributed by atoms with Gasteiger partial charge in [0.25, 0.3) is 5.91 Å². The van der Waals surface area contributed by atoms with Crippen molar-refractivity contribution < 1.29 is 9.59 Å². The fourth-order valence-electron chi connectivity index (χ4n) is 3.62. The van der Waals surface area contributed by atoms with E-state index in [1.807, 2.05) is 32.0 Å². The number of anilines is 1. The maximum Gasteiger partial charge on any atom is 0.253 e. The Labute approximate surface area is 173 Å². The lowest BCUT2D eigenvalue weighted by Gasteiger charge is -2.31. The zero-order valence-electron chi connectivity index (χ0n) is 17.4. The fourth-order valence-corrected chi connectivity index (χ4v) is 3.62. The summed E-state index contributed by atoms with van der Waals surface area (Å²) >= 11 is 0. The molecule has 0 bridgehead atoms. The monoisotopic (exact) mass is 393 g/mol. The second kappa shape index (κ2) is 10.2. The molecule has 5 heteroatoms. The number of benzene rings is 2. The number of hydrogen-bond acceptors (Lipinski definition) is 3. The Morgan fingerprint density at radius 1 is 1.03 bits per heavy atom. The van der Waals surface area contributed by atoms with Crippen molar-refractivity contribution in [2.24, 2.45) is 5.92 Å². The summed E-state index contributed by atoms with van der Waals surface area (Å²) in [6.07, 6.45) is 2.53. The molecule has 2 aromatic carbocycles. The van der Waals surface area contributed by atoms with Crippen molar-refractivity contribution in [3.63, 3.8) is 0 Å². The SMILES string of the molecule is CC[C@@H](C)NC(=O)c1ccccc1NC(=O)C1CCN(Cc2ccccc2)CC1. The number of likely N-dealkylation sites (tertiary alicyclic amines) is 1. The minimum atomic E-state index is -0.145. The molecule has 1 atom stereocenters. The van der Waals surface area contributed by atoms with Crippen LogP contribution in [0.2, 0.25) is 0 Å². The molecule has 0 spiro atoms. The van der Waals surface area contributed by atoms with Crippen LogP contribution >= 0.6 is 0 Å². The largest absolute Gasteiger partial charge is 0.350 e. The van der Waals surface area contributed by atoms with Gasteiger partial charge in [-0.2, -0.15) is 0 Å². The first-order chi connectivity index (χ1) is 14.1. The number of hydrogen-bond donors (Lipinski definition) is 2. The summed E-state index contributed by atoms with van der Waals surface area (Å²) in [6, 6.07) is 17.8. The summed E-state index contributed by atoms with van der Waals surface area (Å²) in [5.41, 5.74) is 2.41. The molecule has 5 nitrogen and oxygen atoms in total. The molecule has 1 saturated heterocycles. The van der Waals surface area contributed by atoms with Crippen LogP contribution in [0.15, 0.2) is 54.6 Å². The molecule has 0 aliphatic carbocycles. The van der Waals surface area contributed by atoms with Gasteiger partial charge in [0, 0.05) is 18.5 Å². The summed E-state index contributed by atoms with van der Waals surface area (Å²) in [5, 5.41) is 5.97. The van der Waals surface area contributed by atoms with Crippen LogP contribution < -0.4 is 10.6 Å². The van der Waals surface area contributed by atoms with Gasteiger partial charge in [-0.3, -0.25) is 14.5 Å². The molecule has 2 amide bonds. The zero-order valence-corrected chi connectivity index (χ0v) is 17.4. The maximum absolute atomic E-state index is 12.8. The van der Waals surface area contributed by atoms with E-state index in [0.717, 1.165) is 38.9 Å². The molecular formula is C24H31N3O2. The third-order valence-electron chi connectivity index (χ3n) is 5.63. The molecule has 2 N–H and O–H groups in total. The molecule has 3 rings (SSSR count). The number of carbonyl (C=O) groups excluding carboxylic acids is 2. The summed E-state index contributed by atoms with van der Waals surface area (Å²) in [5.74, 6) is -0.159. The van der Waals surface area contributed by atoms with Crippen LogP contribution in [-0.2, 0) is 11.3 Å². The van der Waals surface area contributed by atoms with Crippen molar-refractivity contribution in [2.45, 2.75) is 45.7 Å². The Kier molecular flexibility index (Phi) is 7.42.